The van der Waals surface area contributed by atoms with Crippen molar-refractivity contribution in [3.05, 3.63) is 30.2 Å². The summed E-state index contributed by atoms with van der Waals surface area (Å²) in [4.78, 5) is 8.30. The Labute approximate surface area is 106 Å². The molecular formula is C12H17N5O. The van der Waals surface area contributed by atoms with E-state index >= 15 is 0 Å². The van der Waals surface area contributed by atoms with Crippen LogP contribution < -0.4 is 10.6 Å². The Morgan fingerprint density at radius 3 is 2.67 bits per heavy atom. The van der Waals surface area contributed by atoms with Gasteiger partial charge in [0.2, 0.25) is 5.89 Å². The van der Waals surface area contributed by atoms with Crippen LogP contribution in [0.2, 0.25) is 0 Å². The Hall–Kier alpha value is -2.11. The molecule has 2 N–H and O–H groups in total. The Morgan fingerprint density at radius 2 is 2.00 bits per heavy atom. The van der Waals surface area contributed by atoms with Gasteiger partial charge in [-0.3, -0.25) is 4.98 Å². The molecule has 18 heavy (non-hydrogen) atoms. The fourth-order valence-electron chi connectivity index (χ4n) is 1.60. The minimum Gasteiger partial charge on any atom is -0.384 e. The largest absolute Gasteiger partial charge is 0.384 e. The number of aromatic nitrogens is 3. The Balaban J connectivity index is 1.84. The molecule has 2 rings (SSSR count). The molecule has 0 aliphatic carbocycles. The molecule has 0 aliphatic rings. The SMILES string of the molecule is CCNc1cncc(NCCc2noc(C)n2)c1. The van der Waals surface area contributed by atoms with Gasteiger partial charge in [0, 0.05) is 26.4 Å². The van der Waals surface area contributed by atoms with E-state index in [0.29, 0.717) is 5.89 Å². The Morgan fingerprint density at radius 1 is 1.22 bits per heavy atom. The number of hydrogen-bond donors (Lipinski definition) is 2. The van der Waals surface area contributed by atoms with Gasteiger partial charge in [-0.2, -0.15) is 4.98 Å². The molecule has 2 aromatic heterocycles. The first-order chi connectivity index (χ1) is 8.78. The smallest absolute Gasteiger partial charge is 0.223 e. The third kappa shape index (κ3) is 3.44. The summed E-state index contributed by atoms with van der Waals surface area (Å²) < 4.78 is 4.91. The lowest BCUT2D eigenvalue weighted by molar-refractivity contribution is 0.387. The predicted octanol–water partition coefficient (Wildman–Crippen LogP) is 1.86. The van der Waals surface area contributed by atoms with Gasteiger partial charge >= 0.3 is 0 Å². The highest BCUT2D eigenvalue weighted by Gasteiger charge is 2.01. The van der Waals surface area contributed by atoms with E-state index in [1.165, 1.54) is 0 Å². The highest BCUT2D eigenvalue weighted by Crippen LogP contribution is 2.12. The van der Waals surface area contributed by atoms with Crippen LogP contribution in [-0.2, 0) is 6.42 Å². The van der Waals surface area contributed by atoms with E-state index < -0.39 is 0 Å². The Kier molecular flexibility index (Phi) is 4.11. The molecule has 96 valence electrons. The summed E-state index contributed by atoms with van der Waals surface area (Å²) >= 11 is 0. The van der Waals surface area contributed by atoms with E-state index in [0.717, 1.165) is 36.7 Å². The number of nitrogens with one attached hydrogen (secondary N) is 2. The first-order valence-corrected chi connectivity index (χ1v) is 6.00. The number of nitrogens with zero attached hydrogens (tertiary/aromatic N) is 3. The van der Waals surface area contributed by atoms with Crippen LogP contribution in [0.1, 0.15) is 18.6 Å². The van der Waals surface area contributed by atoms with Gasteiger partial charge in [-0.25, -0.2) is 0 Å². The molecule has 0 amide bonds. The van der Waals surface area contributed by atoms with Crippen molar-refractivity contribution < 1.29 is 4.52 Å². The molecule has 2 aromatic rings. The van der Waals surface area contributed by atoms with Crippen molar-refractivity contribution in [2.24, 2.45) is 0 Å². The van der Waals surface area contributed by atoms with E-state index in [1.807, 2.05) is 6.07 Å². The minimum atomic E-state index is 0.598. The van der Waals surface area contributed by atoms with Gasteiger partial charge in [-0.05, 0) is 13.0 Å². The van der Waals surface area contributed by atoms with Crippen molar-refractivity contribution in [1.29, 1.82) is 0 Å². The van der Waals surface area contributed by atoms with Crippen molar-refractivity contribution in [3.63, 3.8) is 0 Å². The lowest BCUT2D eigenvalue weighted by Crippen LogP contribution is -2.07. The van der Waals surface area contributed by atoms with Crippen molar-refractivity contribution in [2.75, 3.05) is 23.7 Å². The fraction of sp³-hybridized carbons (Fsp3) is 0.417. The number of pyridine rings is 1. The molecule has 0 aliphatic heterocycles. The van der Waals surface area contributed by atoms with Gasteiger partial charge in [0.05, 0.1) is 23.8 Å². The number of rotatable bonds is 6. The van der Waals surface area contributed by atoms with Gasteiger partial charge in [-0.1, -0.05) is 5.16 Å². The van der Waals surface area contributed by atoms with E-state index in [9.17, 15) is 0 Å². The van der Waals surface area contributed by atoms with Crippen molar-refractivity contribution >= 4 is 11.4 Å². The average Bonchev–Trinajstić information content (AvgIpc) is 2.76. The second-order valence-corrected chi connectivity index (χ2v) is 3.90. The molecule has 6 heteroatoms. The topological polar surface area (TPSA) is 75.9 Å². The van der Waals surface area contributed by atoms with Gasteiger partial charge in [0.15, 0.2) is 5.82 Å². The molecule has 0 radical (unpaired) electrons. The van der Waals surface area contributed by atoms with Crippen molar-refractivity contribution in [1.82, 2.24) is 15.1 Å². The predicted molar refractivity (Wildman–Crippen MR) is 69.6 cm³/mol. The van der Waals surface area contributed by atoms with Crippen LogP contribution in [-0.4, -0.2) is 28.2 Å². The average molecular weight is 247 g/mol. The van der Waals surface area contributed by atoms with E-state index in [2.05, 4.69) is 32.7 Å². The quantitative estimate of drug-likeness (QED) is 0.811. The lowest BCUT2D eigenvalue weighted by atomic mass is 10.3. The maximum atomic E-state index is 4.91. The van der Waals surface area contributed by atoms with E-state index in [4.69, 9.17) is 4.52 Å². The molecule has 0 aromatic carbocycles. The maximum absolute atomic E-state index is 4.91. The zero-order valence-corrected chi connectivity index (χ0v) is 10.6. The van der Waals surface area contributed by atoms with Gasteiger partial charge < -0.3 is 15.2 Å². The monoisotopic (exact) mass is 247 g/mol. The molecule has 0 spiro atoms. The second kappa shape index (κ2) is 6.00. The minimum absolute atomic E-state index is 0.598. The van der Waals surface area contributed by atoms with Crippen molar-refractivity contribution in [2.45, 2.75) is 20.3 Å². The molecule has 0 unspecified atom stereocenters. The lowest BCUT2D eigenvalue weighted by Gasteiger charge is -2.07. The van der Waals surface area contributed by atoms with E-state index in [1.54, 1.807) is 19.3 Å². The molecule has 0 fully saturated rings. The highest BCUT2D eigenvalue weighted by atomic mass is 16.5. The summed E-state index contributed by atoms with van der Waals surface area (Å²) in [7, 11) is 0. The van der Waals surface area contributed by atoms with E-state index in [-0.39, 0.29) is 0 Å². The zero-order valence-electron chi connectivity index (χ0n) is 10.6. The third-order valence-electron chi connectivity index (χ3n) is 2.37. The highest BCUT2D eigenvalue weighted by molar-refractivity contribution is 5.53. The molecule has 0 atom stereocenters. The van der Waals surface area contributed by atoms with Crippen LogP contribution in [0.25, 0.3) is 0 Å². The van der Waals surface area contributed by atoms with Gasteiger partial charge in [-0.15, -0.1) is 0 Å². The van der Waals surface area contributed by atoms with Crippen LogP contribution in [0.5, 0.6) is 0 Å². The molecule has 0 saturated carbocycles. The standard InChI is InChI=1S/C12H17N5O/c1-3-14-10-6-11(8-13-7-10)15-5-4-12-16-9(2)18-17-12/h6-8,14-15H,3-5H2,1-2H3. The second-order valence-electron chi connectivity index (χ2n) is 3.90. The fourth-order valence-corrected chi connectivity index (χ4v) is 1.60. The molecule has 0 bridgehead atoms. The molecule has 2 heterocycles. The van der Waals surface area contributed by atoms with Crippen molar-refractivity contribution in [3.8, 4) is 0 Å². The number of aryl methyl sites for hydroxylation is 1. The summed E-state index contributed by atoms with van der Waals surface area (Å²) in [5, 5.41) is 10.3. The number of hydrogen-bond acceptors (Lipinski definition) is 6. The molecule has 6 nitrogen and oxygen atoms in total. The van der Waals surface area contributed by atoms with Crippen LogP contribution >= 0.6 is 0 Å². The van der Waals surface area contributed by atoms with Crippen LogP contribution in [0.3, 0.4) is 0 Å². The van der Waals surface area contributed by atoms with Crippen LogP contribution in [0.4, 0.5) is 11.4 Å². The summed E-state index contributed by atoms with van der Waals surface area (Å²) in [5.41, 5.74) is 1.99. The molecular weight excluding hydrogens is 230 g/mol. The first-order valence-electron chi connectivity index (χ1n) is 6.00. The third-order valence-corrected chi connectivity index (χ3v) is 2.37. The summed E-state index contributed by atoms with van der Waals surface area (Å²) in [6.45, 7) is 5.47. The normalized spacial score (nSPS) is 10.3. The summed E-state index contributed by atoms with van der Waals surface area (Å²) in [6.07, 6.45) is 4.32. The summed E-state index contributed by atoms with van der Waals surface area (Å²) in [5.74, 6) is 1.32. The molecule has 0 saturated heterocycles. The first kappa shape index (κ1) is 12.3. The van der Waals surface area contributed by atoms with Gasteiger partial charge in [0.25, 0.3) is 0 Å². The number of anilines is 2. The summed E-state index contributed by atoms with van der Waals surface area (Å²) in [6, 6.07) is 2.03. The zero-order chi connectivity index (χ0) is 12.8. The van der Waals surface area contributed by atoms with Crippen LogP contribution in [0.15, 0.2) is 23.0 Å². The maximum Gasteiger partial charge on any atom is 0.223 e. The Bertz CT molecular complexity index is 497. The van der Waals surface area contributed by atoms with Gasteiger partial charge in [0.1, 0.15) is 0 Å². The van der Waals surface area contributed by atoms with Crippen LogP contribution in [0, 0.1) is 6.92 Å².